The molecule has 3 N–H and O–H groups in total. The number of halogens is 2. The summed E-state index contributed by atoms with van der Waals surface area (Å²) < 4.78 is 7.52. The Kier molecular flexibility index (Phi) is 9.95. The quantitative estimate of drug-likeness (QED) is 0.144. The van der Waals surface area contributed by atoms with Crippen molar-refractivity contribution in [3.8, 4) is 11.5 Å². The van der Waals surface area contributed by atoms with Crippen LogP contribution in [0.5, 0.6) is 11.5 Å². The molecule has 0 spiro atoms. The van der Waals surface area contributed by atoms with Gasteiger partial charge in [0.15, 0.2) is 0 Å². The number of aromatic hydroxyl groups is 1. The van der Waals surface area contributed by atoms with E-state index in [9.17, 15) is 14.7 Å². The second-order valence-electron chi connectivity index (χ2n) is 9.12. The van der Waals surface area contributed by atoms with Crippen molar-refractivity contribution in [2.75, 3.05) is 22.9 Å². The Morgan fingerprint density at radius 3 is 1.88 bits per heavy atom. The number of esters is 1. The fraction of sp³-hybridized carbons (Fsp3) is 0.200. The van der Waals surface area contributed by atoms with Gasteiger partial charge in [-0.25, -0.2) is 14.8 Å². The van der Waals surface area contributed by atoms with Gasteiger partial charge in [-0.3, -0.25) is 4.79 Å². The molecule has 0 atom stereocenters. The van der Waals surface area contributed by atoms with Crippen LogP contribution in [0.2, 0.25) is 0 Å². The molecule has 9 nitrogen and oxygen atoms in total. The Morgan fingerprint density at radius 1 is 0.805 bits per heavy atom. The van der Waals surface area contributed by atoms with Crippen LogP contribution in [0.4, 0.5) is 11.6 Å². The lowest BCUT2D eigenvalue weighted by molar-refractivity contribution is 0.0732. The molecule has 2 aromatic carbocycles. The summed E-state index contributed by atoms with van der Waals surface area (Å²) in [5, 5.41) is 10.2. The number of carbonyl (C=O) groups excluding carboxylic acids is 2. The number of nitrogens with two attached hydrogens (primary N) is 1. The lowest BCUT2D eigenvalue weighted by Gasteiger charge is -2.23. The second kappa shape index (κ2) is 13.6. The van der Waals surface area contributed by atoms with Gasteiger partial charge in [0.2, 0.25) is 5.91 Å². The molecule has 2 aromatic heterocycles. The van der Waals surface area contributed by atoms with E-state index in [0.717, 1.165) is 20.1 Å². The number of carbonyl (C=O) groups is 2. The summed E-state index contributed by atoms with van der Waals surface area (Å²) in [7, 11) is 0. The molecular weight excluding hydrogens is 654 g/mol. The number of hydrogen-bond donors (Lipinski definition) is 2. The molecule has 4 rings (SSSR count). The number of amides is 1. The minimum atomic E-state index is -0.540. The molecule has 0 fully saturated rings. The monoisotopic (exact) mass is 681 g/mol. The maximum absolute atomic E-state index is 13.1. The third kappa shape index (κ3) is 7.62. The zero-order valence-electron chi connectivity index (χ0n) is 22.6. The number of aromatic nitrogens is 2. The highest BCUT2D eigenvalue weighted by molar-refractivity contribution is 9.10. The summed E-state index contributed by atoms with van der Waals surface area (Å²) in [5.41, 5.74) is 7.50. The first-order valence-electron chi connectivity index (χ1n) is 12.9. The molecule has 0 saturated carbocycles. The van der Waals surface area contributed by atoms with Crippen molar-refractivity contribution in [2.45, 2.75) is 26.9 Å². The molecule has 2 heterocycles. The number of hydrogen-bond acceptors (Lipinski definition) is 8. The SMILES string of the molecule is CCN(Cc1cc(Br)ccc1O)c1ccc(C(=O)Oc2ccc(Br)cc2CN(CC)c2ccc(C(N)=O)cn2)cn1. The fourth-order valence-corrected chi connectivity index (χ4v) is 4.96. The summed E-state index contributed by atoms with van der Waals surface area (Å²) in [5.74, 6) is 0.869. The Bertz CT molecular complexity index is 1530. The van der Waals surface area contributed by atoms with Gasteiger partial charge in [-0.2, -0.15) is 0 Å². The smallest absolute Gasteiger partial charge is 0.345 e. The normalized spacial score (nSPS) is 10.7. The van der Waals surface area contributed by atoms with Gasteiger partial charge < -0.3 is 25.4 Å². The largest absolute Gasteiger partial charge is 0.508 e. The van der Waals surface area contributed by atoms with Gasteiger partial charge in [0, 0.05) is 58.6 Å². The molecular formula is C30H29Br2N5O4. The Labute approximate surface area is 255 Å². The van der Waals surface area contributed by atoms with E-state index < -0.39 is 11.9 Å². The molecule has 0 aliphatic carbocycles. The number of phenols is 1. The van der Waals surface area contributed by atoms with Gasteiger partial charge in [-0.1, -0.05) is 31.9 Å². The van der Waals surface area contributed by atoms with Gasteiger partial charge in [0.05, 0.1) is 11.1 Å². The Morgan fingerprint density at radius 2 is 1.34 bits per heavy atom. The highest BCUT2D eigenvalue weighted by Gasteiger charge is 2.17. The zero-order valence-corrected chi connectivity index (χ0v) is 25.7. The standard InChI is InChI=1S/C30H29Br2N5O4/c1-3-36(17-21-13-23(31)7-9-25(21)38)28-12-6-20(16-35-28)30(40)41-26-10-8-24(32)14-22(26)18-37(4-2)27-11-5-19(15-34-27)29(33)39/h5-16,38H,3-4,17-18H2,1-2H3,(H2,33,39). The van der Waals surface area contributed by atoms with Crippen LogP contribution in [0.25, 0.3) is 0 Å². The Balaban J connectivity index is 1.49. The van der Waals surface area contributed by atoms with Crippen molar-refractivity contribution in [1.82, 2.24) is 9.97 Å². The predicted molar refractivity (Wildman–Crippen MR) is 165 cm³/mol. The number of nitrogens with zero attached hydrogens (tertiary/aromatic N) is 4. The molecule has 0 aliphatic heterocycles. The third-order valence-corrected chi connectivity index (χ3v) is 7.40. The summed E-state index contributed by atoms with van der Waals surface area (Å²) in [6, 6.07) is 17.5. The van der Waals surface area contributed by atoms with E-state index in [2.05, 4.69) is 41.8 Å². The molecule has 0 unspecified atom stereocenters. The maximum Gasteiger partial charge on any atom is 0.345 e. The van der Waals surface area contributed by atoms with Crippen molar-refractivity contribution in [1.29, 1.82) is 0 Å². The van der Waals surface area contributed by atoms with Crippen LogP contribution in [0.1, 0.15) is 45.7 Å². The average Bonchev–Trinajstić information content (AvgIpc) is 2.97. The van der Waals surface area contributed by atoms with Crippen LogP contribution in [0.15, 0.2) is 82.0 Å². The van der Waals surface area contributed by atoms with E-state index in [-0.39, 0.29) is 5.75 Å². The Hall–Kier alpha value is -3.96. The molecule has 1 amide bonds. The van der Waals surface area contributed by atoms with E-state index in [4.69, 9.17) is 10.5 Å². The first kappa shape index (κ1) is 30.0. The number of anilines is 2. The van der Waals surface area contributed by atoms with Crippen molar-refractivity contribution in [3.63, 3.8) is 0 Å². The lowest BCUT2D eigenvalue weighted by atomic mass is 10.1. The van der Waals surface area contributed by atoms with Crippen LogP contribution in [0, 0.1) is 0 Å². The van der Waals surface area contributed by atoms with Crippen LogP contribution >= 0.6 is 31.9 Å². The van der Waals surface area contributed by atoms with Crippen LogP contribution in [0.3, 0.4) is 0 Å². The van der Waals surface area contributed by atoms with E-state index in [1.165, 1.54) is 12.4 Å². The molecule has 11 heteroatoms. The van der Waals surface area contributed by atoms with Crippen LogP contribution < -0.4 is 20.3 Å². The second-order valence-corrected chi connectivity index (χ2v) is 10.9. The predicted octanol–water partition coefficient (Wildman–Crippen LogP) is 6.08. The molecule has 0 aliphatic rings. The minimum absolute atomic E-state index is 0.206. The summed E-state index contributed by atoms with van der Waals surface area (Å²) in [6.07, 6.45) is 2.93. The number of ether oxygens (including phenoxy) is 1. The summed E-state index contributed by atoms with van der Waals surface area (Å²) >= 11 is 6.94. The van der Waals surface area contributed by atoms with E-state index in [1.807, 2.05) is 35.8 Å². The highest BCUT2D eigenvalue weighted by Crippen LogP contribution is 2.28. The van der Waals surface area contributed by atoms with Gasteiger partial charge >= 0.3 is 5.97 Å². The van der Waals surface area contributed by atoms with Crippen molar-refractivity contribution < 1.29 is 19.4 Å². The van der Waals surface area contributed by atoms with Gasteiger partial charge in [-0.05, 0) is 74.5 Å². The number of rotatable bonds is 11. The van der Waals surface area contributed by atoms with E-state index in [1.54, 1.807) is 48.5 Å². The van der Waals surface area contributed by atoms with Crippen LogP contribution in [-0.4, -0.2) is 40.0 Å². The number of benzene rings is 2. The lowest BCUT2D eigenvalue weighted by Crippen LogP contribution is -2.24. The third-order valence-electron chi connectivity index (χ3n) is 6.42. The molecule has 0 saturated heterocycles. The molecule has 4 aromatic rings. The first-order chi connectivity index (χ1) is 19.7. The topological polar surface area (TPSA) is 122 Å². The number of phenolic OH excluding ortho intramolecular Hbond substituents is 1. The molecule has 0 bridgehead atoms. The molecule has 0 radical (unpaired) electrons. The van der Waals surface area contributed by atoms with E-state index in [0.29, 0.717) is 54.7 Å². The highest BCUT2D eigenvalue weighted by atomic mass is 79.9. The van der Waals surface area contributed by atoms with Gasteiger partial charge in [0.1, 0.15) is 23.1 Å². The summed E-state index contributed by atoms with van der Waals surface area (Å²) in [4.78, 5) is 37.4. The van der Waals surface area contributed by atoms with Gasteiger partial charge in [0.25, 0.3) is 0 Å². The fourth-order valence-electron chi connectivity index (χ4n) is 4.14. The van der Waals surface area contributed by atoms with Crippen LogP contribution in [-0.2, 0) is 13.1 Å². The first-order valence-corrected chi connectivity index (χ1v) is 14.5. The van der Waals surface area contributed by atoms with E-state index >= 15 is 0 Å². The van der Waals surface area contributed by atoms with Crippen molar-refractivity contribution in [3.05, 3.63) is 104 Å². The summed E-state index contributed by atoms with van der Waals surface area (Å²) in [6.45, 7) is 6.12. The number of primary amides is 1. The maximum atomic E-state index is 13.1. The minimum Gasteiger partial charge on any atom is -0.508 e. The van der Waals surface area contributed by atoms with Crippen molar-refractivity contribution in [2.24, 2.45) is 5.73 Å². The number of pyridine rings is 2. The average molecular weight is 683 g/mol. The molecule has 212 valence electrons. The zero-order chi connectivity index (χ0) is 29.5. The van der Waals surface area contributed by atoms with Gasteiger partial charge in [-0.15, -0.1) is 0 Å². The molecule has 41 heavy (non-hydrogen) atoms. The van der Waals surface area contributed by atoms with Crippen molar-refractivity contribution >= 4 is 55.4 Å².